The van der Waals surface area contributed by atoms with Gasteiger partial charge < -0.3 is 10.1 Å². The first-order valence-corrected chi connectivity index (χ1v) is 6.35. The summed E-state index contributed by atoms with van der Waals surface area (Å²) in [6, 6.07) is 10.8. The molecule has 0 fully saturated rings. The fourth-order valence-corrected chi connectivity index (χ4v) is 1.42. The minimum Gasteiger partial charge on any atom is -0.376 e. The number of benzene rings is 1. The van der Waals surface area contributed by atoms with Crippen LogP contribution in [0.5, 0.6) is 0 Å². The normalized spacial score (nSPS) is 13.1. The third-order valence-electron chi connectivity index (χ3n) is 2.68. The molecule has 94 valence electrons. The second kappa shape index (κ2) is 8.97. The van der Waals surface area contributed by atoms with E-state index in [1.807, 2.05) is 18.2 Å². The lowest BCUT2D eigenvalue weighted by Crippen LogP contribution is -2.28. The quantitative estimate of drug-likeness (QED) is 0.697. The van der Waals surface area contributed by atoms with E-state index in [1.54, 1.807) is 0 Å². The summed E-state index contributed by atoms with van der Waals surface area (Å²) in [5.74, 6) is 0. The standard InChI is InChI=1S/C15H23NO/c1-3-14(2)16-11-13-17-12-7-10-15-8-5-4-6-9-15/h4-10,14,16H,3,11-13H2,1-2H3. The Morgan fingerprint density at radius 3 is 2.76 bits per heavy atom. The Morgan fingerprint density at radius 1 is 1.29 bits per heavy atom. The molecular weight excluding hydrogens is 210 g/mol. The van der Waals surface area contributed by atoms with E-state index < -0.39 is 0 Å². The first-order valence-electron chi connectivity index (χ1n) is 6.35. The van der Waals surface area contributed by atoms with Crippen LogP contribution in [0.2, 0.25) is 0 Å². The van der Waals surface area contributed by atoms with Gasteiger partial charge in [0.05, 0.1) is 13.2 Å². The zero-order valence-corrected chi connectivity index (χ0v) is 10.9. The molecule has 2 nitrogen and oxygen atoms in total. The topological polar surface area (TPSA) is 21.3 Å². The average Bonchev–Trinajstić information content (AvgIpc) is 2.38. The maximum atomic E-state index is 5.50. The van der Waals surface area contributed by atoms with Crippen molar-refractivity contribution in [1.82, 2.24) is 5.32 Å². The van der Waals surface area contributed by atoms with Gasteiger partial charge in [0.1, 0.15) is 0 Å². The maximum Gasteiger partial charge on any atom is 0.0651 e. The summed E-state index contributed by atoms with van der Waals surface area (Å²) in [4.78, 5) is 0. The second-order valence-corrected chi connectivity index (χ2v) is 4.15. The highest BCUT2D eigenvalue weighted by Gasteiger charge is 1.94. The molecule has 1 aromatic rings. The van der Waals surface area contributed by atoms with Gasteiger partial charge in [-0.1, -0.05) is 49.4 Å². The molecule has 0 saturated carbocycles. The predicted octanol–water partition coefficient (Wildman–Crippen LogP) is 3.10. The molecule has 0 amide bonds. The SMILES string of the molecule is CCC(C)NCCOCC=Cc1ccccc1. The van der Waals surface area contributed by atoms with Gasteiger partial charge in [-0.05, 0) is 18.9 Å². The molecule has 1 atom stereocenters. The van der Waals surface area contributed by atoms with Crippen molar-refractivity contribution in [3.8, 4) is 0 Å². The van der Waals surface area contributed by atoms with Crippen LogP contribution < -0.4 is 5.32 Å². The summed E-state index contributed by atoms with van der Waals surface area (Å²) in [7, 11) is 0. The maximum absolute atomic E-state index is 5.50. The predicted molar refractivity (Wildman–Crippen MR) is 74.1 cm³/mol. The summed E-state index contributed by atoms with van der Waals surface area (Å²) < 4.78 is 5.50. The lowest BCUT2D eigenvalue weighted by Gasteiger charge is -2.10. The zero-order chi connectivity index (χ0) is 12.3. The van der Waals surface area contributed by atoms with Crippen molar-refractivity contribution < 1.29 is 4.74 Å². The molecule has 2 heteroatoms. The number of ether oxygens (including phenoxy) is 1. The van der Waals surface area contributed by atoms with Crippen LogP contribution in [0.1, 0.15) is 25.8 Å². The molecule has 0 bridgehead atoms. The van der Waals surface area contributed by atoms with Crippen molar-refractivity contribution in [1.29, 1.82) is 0 Å². The minimum absolute atomic E-state index is 0.582. The average molecular weight is 233 g/mol. The van der Waals surface area contributed by atoms with Crippen LogP contribution in [-0.4, -0.2) is 25.8 Å². The number of hydrogen-bond donors (Lipinski definition) is 1. The molecule has 1 N–H and O–H groups in total. The molecule has 1 unspecified atom stereocenters. The highest BCUT2D eigenvalue weighted by molar-refractivity contribution is 5.48. The van der Waals surface area contributed by atoms with E-state index in [0.29, 0.717) is 12.6 Å². The van der Waals surface area contributed by atoms with Gasteiger partial charge in [0.25, 0.3) is 0 Å². The fraction of sp³-hybridized carbons (Fsp3) is 0.467. The van der Waals surface area contributed by atoms with Gasteiger partial charge in [0.2, 0.25) is 0 Å². The Kier molecular flexibility index (Phi) is 7.35. The van der Waals surface area contributed by atoms with Crippen molar-refractivity contribution in [2.24, 2.45) is 0 Å². The molecular formula is C15H23NO. The Hall–Kier alpha value is -1.12. The van der Waals surface area contributed by atoms with Gasteiger partial charge in [-0.2, -0.15) is 0 Å². The Bertz CT molecular complexity index is 308. The highest BCUT2D eigenvalue weighted by Crippen LogP contribution is 2.00. The van der Waals surface area contributed by atoms with Gasteiger partial charge in [0, 0.05) is 12.6 Å². The molecule has 0 aliphatic heterocycles. The number of hydrogen-bond acceptors (Lipinski definition) is 2. The molecule has 0 radical (unpaired) electrons. The van der Waals surface area contributed by atoms with Crippen molar-refractivity contribution in [3.63, 3.8) is 0 Å². The molecule has 0 heterocycles. The summed E-state index contributed by atoms with van der Waals surface area (Å²) >= 11 is 0. The largest absolute Gasteiger partial charge is 0.376 e. The summed E-state index contributed by atoms with van der Waals surface area (Å²) in [5, 5.41) is 3.39. The van der Waals surface area contributed by atoms with Crippen molar-refractivity contribution in [2.75, 3.05) is 19.8 Å². The van der Waals surface area contributed by atoms with Crippen LogP contribution in [0.25, 0.3) is 6.08 Å². The van der Waals surface area contributed by atoms with E-state index in [1.165, 1.54) is 5.56 Å². The highest BCUT2D eigenvalue weighted by atomic mass is 16.5. The van der Waals surface area contributed by atoms with Crippen LogP contribution in [0.4, 0.5) is 0 Å². The Morgan fingerprint density at radius 2 is 2.06 bits per heavy atom. The Labute approximate surface area is 105 Å². The van der Waals surface area contributed by atoms with E-state index in [9.17, 15) is 0 Å². The number of nitrogens with one attached hydrogen (secondary N) is 1. The van der Waals surface area contributed by atoms with Gasteiger partial charge >= 0.3 is 0 Å². The molecule has 0 aromatic heterocycles. The van der Waals surface area contributed by atoms with Crippen LogP contribution in [0.15, 0.2) is 36.4 Å². The molecule has 0 aliphatic rings. The van der Waals surface area contributed by atoms with E-state index in [-0.39, 0.29) is 0 Å². The zero-order valence-electron chi connectivity index (χ0n) is 10.9. The Balaban J connectivity index is 2.03. The van der Waals surface area contributed by atoms with E-state index in [2.05, 4.69) is 43.4 Å². The molecule has 1 rings (SSSR count). The summed E-state index contributed by atoms with van der Waals surface area (Å²) in [6.45, 7) is 6.74. The molecule has 17 heavy (non-hydrogen) atoms. The first-order chi connectivity index (χ1) is 8.33. The van der Waals surface area contributed by atoms with Crippen LogP contribution >= 0.6 is 0 Å². The van der Waals surface area contributed by atoms with Gasteiger partial charge in [-0.15, -0.1) is 0 Å². The third-order valence-corrected chi connectivity index (χ3v) is 2.68. The smallest absolute Gasteiger partial charge is 0.0651 e. The summed E-state index contributed by atoms with van der Waals surface area (Å²) in [6.07, 6.45) is 5.30. The molecule has 0 spiro atoms. The van der Waals surface area contributed by atoms with Gasteiger partial charge in [-0.25, -0.2) is 0 Å². The minimum atomic E-state index is 0.582. The van der Waals surface area contributed by atoms with Crippen molar-refractivity contribution in [2.45, 2.75) is 26.3 Å². The lowest BCUT2D eigenvalue weighted by molar-refractivity contribution is 0.162. The fourth-order valence-electron chi connectivity index (χ4n) is 1.42. The number of rotatable bonds is 8. The van der Waals surface area contributed by atoms with E-state index in [4.69, 9.17) is 4.74 Å². The third kappa shape index (κ3) is 6.93. The lowest BCUT2D eigenvalue weighted by atomic mass is 10.2. The van der Waals surface area contributed by atoms with Gasteiger partial charge in [0.15, 0.2) is 0 Å². The molecule has 0 aliphatic carbocycles. The van der Waals surface area contributed by atoms with Gasteiger partial charge in [-0.3, -0.25) is 0 Å². The molecule has 1 aromatic carbocycles. The van der Waals surface area contributed by atoms with Crippen molar-refractivity contribution >= 4 is 6.08 Å². The van der Waals surface area contributed by atoms with E-state index in [0.717, 1.165) is 19.6 Å². The van der Waals surface area contributed by atoms with Crippen LogP contribution in [-0.2, 0) is 4.74 Å². The first kappa shape index (κ1) is 13.9. The van der Waals surface area contributed by atoms with E-state index >= 15 is 0 Å². The second-order valence-electron chi connectivity index (χ2n) is 4.15. The van der Waals surface area contributed by atoms with Crippen LogP contribution in [0, 0.1) is 0 Å². The van der Waals surface area contributed by atoms with Crippen molar-refractivity contribution in [3.05, 3.63) is 42.0 Å². The molecule has 0 saturated heterocycles. The summed E-state index contributed by atoms with van der Waals surface area (Å²) in [5.41, 5.74) is 1.22. The van der Waals surface area contributed by atoms with Crippen LogP contribution in [0.3, 0.4) is 0 Å². The monoisotopic (exact) mass is 233 g/mol.